The summed E-state index contributed by atoms with van der Waals surface area (Å²) in [5, 5.41) is 8.87. The van der Waals surface area contributed by atoms with Crippen molar-refractivity contribution in [2.24, 2.45) is 7.05 Å². The number of hydrogen-bond donors (Lipinski definition) is 0. The van der Waals surface area contributed by atoms with Gasteiger partial charge in [-0.25, -0.2) is 14.3 Å². The molecule has 3 heterocycles. The van der Waals surface area contributed by atoms with E-state index in [0.717, 1.165) is 49.5 Å². The largest absolute Gasteiger partial charge is 0.341 e. The molecule has 0 N–H and O–H groups in total. The van der Waals surface area contributed by atoms with Gasteiger partial charge in [0.05, 0.1) is 6.54 Å². The van der Waals surface area contributed by atoms with Crippen molar-refractivity contribution < 1.29 is 0 Å². The third kappa shape index (κ3) is 2.52. The fourth-order valence-corrected chi connectivity index (χ4v) is 2.71. The maximum Gasteiger partial charge on any atom is 0.223 e. The van der Waals surface area contributed by atoms with Gasteiger partial charge in [0.15, 0.2) is 5.82 Å². The molecule has 2 aromatic heterocycles. The highest BCUT2D eigenvalue weighted by atomic mass is 15.4. The van der Waals surface area contributed by atoms with Gasteiger partial charge in [0.2, 0.25) is 5.95 Å². The number of aryl methyl sites for hydroxylation is 5. The van der Waals surface area contributed by atoms with E-state index in [2.05, 4.69) is 25.1 Å². The lowest BCUT2D eigenvalue weighted by Crippen LogP contribution is -2.21. The highest BCUT2D eigenvalue weighted by molar-refractivity contribution is 5.31. The molecule has 1 fully saturated rings. The van der Waals surface area contributed by atoms with Crippen molar-refractivity contribution in [2.75, 3.05) is 18.0 Å². The first-order valence-corrected chi connectivity index (χ1v) is 7.16. The van der Waals surface area contributed by atoms with Crippen LogP contribution in [0.15, 0.2) is 0 Å². The molecule has 0 amide bonds. The lowest BCUT2D eigenvalue weighted by Gasteiger charge is -2.14. The van der Waals surface area contributed by atoms with Crippen molar-refractivity contribution >= 4 is 5.95 Å². The Labute approximate surface area is 118 Å². The molecule has 3 rings (SSSR count). The van der Waals surface area contributed by atoms with Gasteiger partial charge in [-0.05, 0) is 26.7 Å². The molecule has 0 aromatic carbocycles. The zero-order valence-electron chi connectivity index (χ0n) is 12.4. The Kier molecular flexibility index (Phi) is 3.42. The van der Waals surface area contributed by atoms with Gasteiger partial charge in [-0.15, -0.1) is 0 Å². The Balaban J connectivity index is 1.69. The van der Waals surface area contributed by atoms with E-state index in [-0.39, 0.29) is 0 Å². The van der Waals surface area contributed by atoms with E-state index in [1.807, 2.05) is 30.3 Å². The highest BCUT2D eigenvalue weighted by Gasteiger charge is 2.18. The van der Waals surface area contributed by atoms with Gasteiger partial charge in [-0.1, -0.05) is 0 Å². The van der Waals surface area contributed by atoms with Crippen molar-refractivity contribution in [3.05, 3.63) is 17.5 Å². The molecule has 20 heavy (non-hydrogen) atoms. The van der Waals surface area contributed by atoms with Gasteiger partial charge in [0, 0.05) is 26.6 Å². The van der Waals surface area contributed by atoms with E-state index in [0.29, 0.717) is 0 Å². The van der Waals surface area contributed by atoms with Crippen molar-refractivity contribution in [3.8, 4) is 0 Å². The molecule has 108 valence electrons. The topological polar surface area (TPSA) is 64.7 Å². The Morgan fingerprint density at radius 3 is 2.45 bits per heavy atom. The molecule has 0 unspecified atom stereocenters. The predicted molar refractivity (Wildman–Crippen MR) is 75.7 cm³/mol. The minimum atomic E-state index is 0.774. The second-order valence-corrected chi connectivity index (χ2v) is 5.33. The third-order valence-corrected chi connectivity index (χ3v) is 3.68. The highest BCUT2D eigenvalue weighted by Crippen LogP contribution is 2.17. The minimum absolute atomic E-state index is 0.774. The summed E-state index contributed by atoms with van der Waals surface area (Å²) in [4.78, 5) is 11.3. The van der Waals surface area contributed by atoms with Crippen LogP contribution >= 0.6 is 0 Å². The SMILES string of the molecule is Cc1nc(C)n(CCc2nc(N3CCCC3)n(C)n2)n1. The van der Waals surface area contributed by atoms with Crippen LogP contribution in [0.1, 0.15) is 30.3 Å². The Hall–Kier alpha value is -1.92. The van der Waals surface area contributed by atoms with Gasteiger partial charge < -0.3 is 4.90 Å². The second-order valence-electron chi connectivity index (χ2n) is 5.33. The molecule has 1 aliphatic heterocycles. The van der Waals surface area contributed by atoms with Crippen molar-refractivity contribution in [1.29, 1.82) is 0 Å². The summed E-state index contributed by atoms with van der Waals surface area (Å²) in [6, 6.07) is 0. The quantitative estimate of drug-likeness (QED) is 0.828. The standard InChI is InChI=1S/C13H21N7/c1-10-14-11(2)20(16-10)9-6-12-15-13(18(3)17-12)19-7-4-5-8-19/h4-9H2,1-3H3. The lowest BCUT2D eigenvalue weighted by atomic mass is 10.4. The maximum atomic E-state index is 4.66. The van der Waals surface area contributed by atoms with E-state index in [4.69, 9.17) is 0 Å². The monoisotopic (exact) mass is 275 g/mol. The van der Waals surface area contributed by atoms with Crippen LogP contribution < -0.4 is 4.90 Å². The Morgan fingerprint density at radius 1 is 1.05 bits per heavy atom. The van der Waals surface area contributed by atoms with Gasteiger partial charge in [0.25, 0.3) is 0 Å². The second kappa shape index (κ2) is 5.22. The van der Waals surface area contributed by atoms with E-state index in [1.165, 1.54) is 12.8 Å². The number of hydrogen-bond acceptors (Lipinski definition) is 5. The van der Waals surface area contributed by atoms with Gasteiger partial charge in [-0.2, -0.15) is 15.2 Å². The molecule has 0 atom stereocenters. The molecule has 0 radical (unpaired) electrons. The molecule has 0 aliphatic carbocycles. The van der Waals surface area contributed by atoms with Crippen LogP contribution in [-0.2, 0) is 20.0 Å². The average Bonchev–Trinajstić information content (AvgIpc) is 3.08. The van der Waals surface area contributed by atoms with E-state index in [9.17, 15) is 0 Å². The number of aromatic nitrogens is 6. The number of rotatable bonds is 4. The normalized spacial score (nSPS) is 15.2. The molecule has 2 aromatic rings. The first-order chi connectivity index (χ1) is 9.63. The van der Waals surface area contributed by atoms with E-state index in [1.54, 1.807) is 0 Å². The number of anilines is 1. The first-order valence-electron chi connectivity index (χ1n) is 7.16. The summed E-state index contributed by atoms with van der Waals surface area (Å²) in [5.74, 6) is 3.62. The van der Waals surface area contributed by atoms with Crippen molar-refractivity contribution in [1.82, 2.24) is 29.5 Å². The smallest absolute Gasteiger partial charge is 0.223 e. The minimum Gasteiger partial charge on any atom is -0.341 e. The summed E-state index contributed by atoms with van der Waals surface area (Å²) in [5.41, 5.74) is 0. The van der Waals surface area contributed by atoms with Crippen molar-refractivity contribution in [2.45, 2.75) is 39.7 Å². The summed E-state index contributed by atoms with van der Waals surface area (Å²) in [6.45, 7) is 6.84. The van der Waals surface area contributed by atoms with Crippen LogP contribution in [0.3, 0.4) is 0 Å². The lowest BCUT2D eigenvalue weighted by molar-refractivity contribution is 0.576. The van der Waals surface area contributed by atoms with Crippen LogP contribution in [0.25, 0.3) is 0 Å². The molecule has 1 saturated heterocycles. The van der Waals surface area contributed by atoms with E-state index >= 15 is 0 Å². The van der Waals surface area contributed by atoms with Crippen LogP contribution in [0, 0.1) is 13.8 Å². The molecule has 7 heteroatoms. The van der Waals surface area contributed by atoms with Gasteiger partial charge in [0.1, 0.15) is 11.6 Å². The molecular weight excluding hydrogens is 254 g/mol. The molecular formula is C13H21N7. The fourth-order valence-electron chi connectivity index (χ4n) is 2.71. The molecule has 7 nitrogen and oxygen atoms in total. The maximum absolute atomic E-state index is 4.66. The molecule has 0 saturated carbocycles. The third-order valence-electron chi connectivity index (χ3n) is 3.68. The van der Waals surface area contributed by atoms with Crippen molar-refractivity contribution in [3.63, 3.8) is 0 Å². The molecule has 0 bridgehead atoms. The zero-order valence-corrected chi connectivity index (χ0v) is 12.4. The van der Waals surface area contributed by atoms with E-state index < -0.39 is 0 Å². The summed E-state index contributed by atoms with van der Waals surface area (Å²) in [6.07, 6.45) is 3.28. The number of nitrogens with zero attached hydrogens (tertiary/aromatic N) is 7. The van der Waals surface area contributed by atoms with Crippen LogP contribution in [0.2, 0.25) is 0 Å². The van der Waals surface area contributed by atoms with Gasteiger partial charge >= 0.3 is 0 Å². The summed E-state index contributed by atoms with van der Waals surface area (Å²) >= 11 is 0. The Bertz CT molecular complexity index is 592. The Morgan fingerprint density at radius 2 is 1.80 bits per heavy atom. The van der Waals surface area contributed by atoms with Crippen LogP contribution in [-0.4, -0.2) is 42.6 Å². The average molecular weight is 275 g/mol. The van der Waals surface area contributed by atoms with Crippen LogP contribution in [0.4, 0.5) is 5.95 Å². The summed E-state index contributed by atoms with van der Waals surface area (Å²) < 4.78 is 3.81. The van der Waals surface area contributed by atoms with Gasteiger partial charge in [-0.3, -0.25) is 0 Å². The first kappa shape index (κ1) is 13.1. The fraction of sp³-hybridized carbons (Fsp3) is 0.692. The molecule has 0 spiro atoms. The predicted octanol–water partition coefficient (Wildman–Crippen LogP) is 0.866. The summed E-state index contributed by atoms with van der Waals surface area (Å²) in [7, 11) is 1.97. The molecule has 1 aliphatic rings. The van der Waals surface area contributed by atoms with Crippen LogP contribution in [0.5, 0.6) is 0 Å². The zero-order chi connectivity index (χ0) is 14.1.